The summed E-state index contributed by atoms with van der Waals surface area (Å²) in [4.78, 5) is 23.4. The molecule has 0 radical (unpaired) electrons. The summed E-state index contributed by atoms with van der Waals surface area (Å²) in [6.45, 7) is 2.90. The van der Waals surface area contributed by atoms with Crippen molar-refractivity contribution in [2.45, 2.75) is 13.8 Å². The average Bonchev–Trinajstić information content (AvgIpc) is 2.63. The van der Waals surface area contributed by atoms with Crippen molar-refractivity contribution in [1.29, 1.82) is 0 Å². The number of nitrogens with one attached hydrogen (secondary N) is 1. The molecule has 0 aliphatic rings. The number of rotatable bonds is 10. The zero-order valence-corrected chi connectivity index (χ0v) is 15.3. The maximum absolute atomic E-state index is 13.4. The molecule has 0 aromatic heterocycles. The number of benzene rings is 1. The first kappa shape index (κ1) is 22.8. The molecule has 0 aliphatic heterocycles. The predicted molar refractivity (Wildman–Crippen MR) is 89.7 cm³/mol. The summed E-state index contributed by atoms with van der Waals surface area (Å²) in [6, 6.07) is 0.448. The second kappa shape index (κ2) is 11.4. The molecule has 1 aromatic rings. The first-order chi connectivity index (χ1) is 12.8. The van der Waals surface area contributed by atoms with E-state index in [1.165, 1.54) is 5.41 Å². The zero-order valence-electron chi connectivity index (χ0n) is 14.4. The van der Waals surface area contributed by atoms with E-state index >= 15 is 0 Å². The van der Waals surface area contributed by atoms with Crippen LogP contribution in [0.25, 0.3) is 0 Å². The molecule has 0 aliphatic carbocycles. The van der Waals surface area contributed by atoms with Gasteiger partial charge in [0.2, 0.25) is 0 Å². The highest BCUT2D eigenvalue weighted by Crippen LogP contribution is 2.22. The molecule has 150 valence electrons. The molecule has 0 fully saturated rings. The second-order valence-corrected chi connectivity index (χ2v) is 5.43. The van der Waals surface area contributed by atoms with Crippen molar-refractivity contribution in [2.75, 3.05) is 31.2 Å². The second-order valence-electron chi connectivity index (χ2n) is 4.63. The molecule has 1 rings (SSSR count). The number of halogens is 4. The molecule has 0 saturated carbocycles. The Labute approximate surface area is 156 Å². The highest BCUT2D eigenvalue weighted by atomic mass is 32.2. The summed E-state index contributed by atoms with van der Waals surface area (Å²) in [5.74, 6) is -8.82. The first-order valence-electron chi connectivity index (χ1n) is 7.64. The summed E-state index contributed by atoms with van der Waals surface area (Å²) < 4.78 is 66.9. The molecule has 0 atom stereocenters. The van der Waals surface area contributed by atoms with Crippen LogP contribution in [0, 0.1) is 23.3 Å². The third-order valence-electron chi connectivity index (χ3n) is 2.81. The third kappa shape index (κ3) is 6.75. The smallest absolute Gasteiger partial charge is 0.346 e. The molecule has 0 spiro atoms. The van der Waals surface area contributed by atoms with Crippen molar-refractivity contribution in [3.8, 4) is 0 Å². The molecule has 0 unspecified atom stereocenters. The topological polar surface area (TPSA) is 73.9 Å². The quantitative estimate of drug-likeness (QED) is 0.0729. The van der Waals surface area contributed by atoms with Gasteiger partial charge in [0.25, 0.3) is 0 Å². The van der Waals surface area contributed by atoms with Crippen LogP contribution in [-0.4, -0.2) is 37.8 Å². The molecule has 0 amide bonds. The first-order valence-corrected chi connectivity index (χ1v) is 8.68. The fourth-order valence-electron chi connectivity index (χ4n) is 1.63. The molecule has 1 aromatic carbocycles. The van der Waals surface area contributed by atoms with Gasteiger partial charge in [-0.2, -0.15) is 0 Å². The molecular formula is C16H17F4NO5S. The maximum atomic E-state index is 13.4. The minimum atomic E-state index is -1.94. The van der Waals surface area contributed by atoms with Gasteiger partial charge in [-0.15, -0.1) is 11.8 Å². The predicted octanol–water partition coefficient (Wildman–Crippen LogP) is 3.33. The molecule has 1 N–H and O–H groups in total. The van der Waals surface area contributed by atoms with Crippen LogP contribution in [0.4, 0.5) is 23.2 Å². The van der Waals surface area contributed by atoms with E-state index in [-0.39, 0.29) is 31.5 Å². The van der Waals surface area contributed by atoms with E-state index in [9.17, 15) is 27.2 Å². The van der Waals surface area contributed by atoms with Crippen molar-refractivity contribution in [2.24, 2.45) is 0 Å². The van der Waals surface area contributed by atoms with Gasteiger partial charge in [-0.05, 0) is 19.3 Å². The van der Waals surface area contributed by atoms with Gasteiger partial charge in [-0.1, -0.05) is 0 Å². The van der Waals surface area contributed by atoms with E-state index in [0.717, 1.165) is 11.8 Å². The van der Waals surface area contributed by atoms with E-state index in [0.29, 0.717) is 6.07 Å². The van der Waals surface area contributed by atoms with E-state index in [1.807, 2.05) is 0 Å². The van der Waals surface area contributed by atoms with Crippen molar-refractivity contribution >= 4 is 29.4 Å². The molecule has 11 heteroatoms. The van der Waals surface area contributed by atoms with Crippen LogP contribution in [0.3, 0.4) is 0 Å². The van der Waals surface area contributed by atoms with Crippen LogP contribution < -0.4 is 5.32 Å². The minimum absolute atomic E-state index is 0.0665. The fraction of sp³-hybridized carbons (Fsp3) is 0.375. The largest absolute Gasteiger partial charge is 0.462 e. The highest BCUT2D eigenvalue weighted by Gasteiger charge is 2.21. The lowest BCUT2D eigenvalue weighted by Gasteiger charge is -2.09. The summed E-state index contributed by atoms with van der Waals surface area (Å²) >= 11 is 0.890. The van der Waals surface area contributed by atoms with Crippen molar-refractivity contribution in [3.05, 3.63) is 40.3 Å². The van der Waals surface area contributed by atoms with Gasteiger partial charge in [0.1, 0.15) is 6.73 Å². The van der Waals surface area contributed by atoms with Crippen LogP contribution in [0.2, 0.25) is 0 Å². The molecule has 27 heavy (non-hydrogen) atoms. The number of hydrogen-bond acceptors (Lipinski definition) is 7. The lowest BCUT2D eigenvalue weighted by Crippen LogP contribution is -2.18. The number of ether oxygens (including phenoxy) is 3. The molecule has 6 nitrogen and oxygen atoms in total. The van der Waals surface area contributed by atoms with E-state index < -0.39 is 40.9 Å². The van der Waals surface area contributed by atoms with E-state index in [1.54, 1.807) is 13.8 Å². The minimum Gasteiger partial charge on any atom is -0.462 e. The van der Waals surface area contributed by atoms with Crippen molar-refractivity contribution < 1.29 is 41.4 Å². The summed E-state index contributed by atoms with van der Waals surface area (Å²) in [6.07, 6.45) is 0. The summed E-state index contributed by atoms with van der Waals surface area (Å²) in [7, 11) is 0. The fourth-order valence-corrected chi connectivity index (χ4v) is 2.24. The molecular weight excluding hydrogens is 394 g/mol. The Morgan fingerprint density at radius 3 is 2.19 bits per heavy atom. The van der Waals surface area contributed by atoms with Crippen molar-refractivity contribution in [1.82, 2.24) is 0 Å². The van der Waals surface area contributed by atoms with Gasteiger partial charge in [-0.25, -0.2) is 27.2 Å². The number of carbonyl (C=O) groups is 2. The van der Waals surface area contributed by atoms with Crippen LogP contribution in [-0.2, 0) is 23.8 Å². The lowest BCUT2D eigenvalue weighted by atomic mass is 10.2. The third-order valence-corrected chi connectivity index (χ3v) is 3.52. The number of thioether (sulfide) groups is 1. The van der Waals surface area contributed by atoms with Gasteiger partial charge >= 0.3 is 11.9 Å². The SMILES string of the molecule is CCOC(=O)C(=CSCOCNc1cc(F)c(F)c(F)c1F)C(=O)OCC. The van der Waals surface area contributed by atoms with Gasteiger partial charge < -0.3 is 19.5 Å². The maximum Gasteiger partial charge on any atom is 0.346 e. The van der Waals surface area contributed by atoms with Crippen molar-refractivity contribution in [3.63, 3.8) is 0 Å². The molecule has 0 bridgehead atoms. The molecule has 0 heterocycles. The standard InChI is InChI=1S/C16H17F4NO5S/c1-3-25-15(22)9(16(23)26-4-2)6-27-8-24-7-21-11-5-10(17)12(18)14(20)13(11)19/h5-6,21H,3-4,7-8H2,1-2H3. The number of hydrogen-bond donors (Lipinski definition) is 1. The normalized spacial score (nSPS) is 10.3. The number of esters is 2. The Hall–Kier alpha value is -2.27. The monoisotopic (exact) mass is 411 g/mol. The number of anilines is 1. The Bertz CT molecular complexity index is 695. The van der Waals surface area contributed by atoms with Crippen LogP contribution in [0.5, 0.6) is 0 Å². The van der Waals surface area contributed by atoms with E-state index in [2.05, 4.69) is 5.32 Å². The number of carbonyl (C=O) groups excluding carboxylic acids is 2. The van der Waals surface area contributed by atoms with Gasteiger partial charge in [-0.3, -0.25) is 0 Å². The summed E-state index contributed by atoms with van der Waals surface area (Å²) in [5.41, 5.74) is -0.945. The van der Waals surface area contributed by atoms with E-state index in [4.69, 9.17) is 14.2 Å². The van der Waals surface area contributed by atoms with Crippen LogP contribution in [0.15, 0.2) is 17.0 Å². The van der Waals surface area contributed by atoms with Gasteiger partial charge in [0.05, 0.1) is 24.8 Å². The Morgan fingerprint density at radius 1 is 1.04 bits per heavy atom. The van der Waals surface area contributed by atoms with Crippen LogP contribution in [0.1, 0.15) is 13.8 Å². The van der Waals surface area contributed by atoms with Gasteiger partial charge in [0.15, 0.2) is 28.8 Å². The Morgan fingerprint density at radius 2 is 1.63 bits per heavy atom. The average molecular weight is 411 g/mol. The Balaban J connectivity index is 2.55. The van der Waals surface area contributed by atoms with Gasteiger partial charge in [0, 0.05) is 6.07 Å². The van der Waals surface area contributed by atoms with Crippen LogP contribution >= 0.6 is 11.8 Å². The summed E-state index contributed by atoms with van der Waals surface area (Å²) in [5, 5.41) is 3.41. The lowest BCUT2D eigenvalue weighted by molar-refractivity contribution is -0.146. The zero-order chi connectivity index (χ0) is 20.4. The Kier molecular flexibility index (Phi) is 9.65. The molecule has 0 saturated heterocycles. The highest BCUT2D eigenvalue weighted by molar-refractivity contribution is 8.02.